The van der Waals surface area contributed by atoms with E-state index in [-0.39, 0.29) is 11.8 Å². The summed E-state index contributed by atoms with van der Waals surface area (Å²) in [4.78, 5) is 37.6. The number of β-lactam (4-membered cyclic amide) rings is 1. The Morgan fingerprint density at radius 2 is 2.00 bits per heavy atom. The molecule has 2 fully saturated rings. The van der Waals surface area contributed by atoms with E-state index in [0.717, 1.165) is 0 Å². The molecule has 1 aromatic rings. The van der Waals surface area contributed by atoms with E-state index in [1.165, 1.54) is 40.9 Å². The van der Waals surface area contributed by atoms with Crippen molar-refractivity contribution in [2.24, 2.45) is 0 Å². The standard InChI is InChI=1S/C17H15BrN2O5S/c1-15(2)11(12(22)23)20-13(24)17(18,14(20)26-15)16(25,8-21)10-5-3-9(7-19)4-6-10/h3-6,8,11,14,25H,1-2H3,(H,22,23)/t11-,14+,16?,17?/m0/s1. The molecule has 9 heteroatoms. The SMILES string of the molecule is CC1(C)S[C@H]2N(C(=O)C2(Br)C(O)(C=O)c2ccc(C#N)cc2)[C@H]1C(=O)O. The number of aliphatic carboxylic acids is 1. The number of hydrogen-bond acceptors (Lipinski definition) is 6. The Hall–Kier alpha value is -1.89. The van der Waals surface area contributed by atoms with Crippen LogP contribution in [0.2, 0.25) is 0 Å². The number of thioether (sulfide) groups is 1. The van der Waals surface area contributed by atoms with Crippen LogP contribution in [0.1, 0.15) is 25.0 Å². The second-order valence-corrected chi connectivity index (χ2v) is 9.80. The van der Waals surface area contributed by atoms with Gasteiger partial charge in [-0.15, -0.1) is 11.8 Å². The number of carbonyl (C=O) groups excluding carboxylic acids is 2. The van der Waals surface area contributed by atoms with Crippen LogP contribution in [0, 0.1) is 11.3 Å². The minimum Gasteiger partial charge on any atom is -0.480 e. The van der Waals surface area contributed by atoms with Gasteiger partial charge >= 0.3 is 5.97 Å². The van der Waals surface area contributed by atoms with Crippen LogP contribution in [0.4, 0.5) is 0 Å². The van der Waals surface area contributed by atoms with Gasteiger partial charge in [-0.2, -0.15) is 5.26 Å². The van der Waals surface area contributed by atoms with Crippen LogP contribution >= 0.6 is 27.7 Å². The first kappa shape index (κ1) is 18.9. The molecular weight excluding hydrogens is 424 g/mol. The Balaban J connectivity index is 2.07. The molecule has 1 amide bonds. The summed E-state index contributed by atoms with van der Waals surface area (Å²) in [5.74, 6) is -1.80. The quantitative estimate of drug-likeness (QED) is 0.412. The highest BCUT2D eigenvalue weighted by Gasteiger charge is 2.77. The fourth-order valence-corrected chi connectivity index (χ4v) is 6.25. The minimum absolute atomic E-state index is 0.147. The number of carbonyl (C=O) groups is 3. The van der Waals surface area contributed by atoms with Gasteiger partial charge in [0, 0.05) is 4.75 Å². The van der Waals surface area contributed by atoms with Crippen LogP contribution in [0.25, 0.3) is 0 Å². The Morgan fingerprint density at radius 3 is 2.46 bits per heavy atom. The number of nitrogens with zero attached hydrogens (tertiary/aromatic N) is 2. The molecule has 7 nitrogen and oxygen atoms in total. The van der Waals surface area contributed by atoms with Crippen molar-refractivity contribution in [2.45, 2.75) is 39.9 Å². The topological polar surface area (TPSA) is 119 Å². The maximum atomic E-state index is 12.9. The van der Waals surface area contributed by atoms with Crippen molar-refractivity contribution in [1.29, 1.82) is 5.26 Å². The lowest BCUT2D eigenvalue weighted by Gasteiger charge is -2.55. The number of benzene rings is 1. The van der Waals surface area contributed by atoms with Crippen molar-refractivity contribution in [2.75, 3.05) is 0 Å². The van der Waals surface area contributed by atoms with Gasteiger partial charge in [-0.1, -0.05) is 28.1 Å². The van der Waals surface area contributed by atoms with Crippen molar-refractivity contribution < 1.29 is 24.6 Å². The third-order valence-corrected chi connectivity index (χ3v) is 8.22. The van der Waals surface area contributed by atoms with Gasteiger partial charge in [-0.05, 0) is 31.5 Å². The number of nitriles is 1. The molecular formula is C17H15BrN2O5S. The molecule has 2 saturated heterocycles. The number of carboxylic acids is 1. The third-order valence-electron chi connectivity index (χ3n) is 4.90. The first-order valence-electron chi connectivity index (χ1n) is 7.66. The number of hydrogen-bond donors (Lipinski definition) is 2. The van der Waals surface area contributed by atoms with Gasteiger partial charge in [0.05, 0.1) is 11.6 Å². The molecule has 2 aliphatic heterocycles. The number of amides is 1. The molecule has 0 radical (unpaired) electrons. The third kappa shape index (κ3) is 2.19. The number of halogens is 1. The van der Waals surface area contributed by atoms with Crippen LogP contribution in [0.15, 0.2) is 24.3 Å². The summed E-state index contributed by atoms with van der Waals surface area (Å²) in [6.45, 7) is 3.41. The molecule has 4 atom stereocenters. The maximum Gasteiger partial charge on any atom is 0.327 e. The molecule has 1 aromatic carbocycles. The average molecular weight is 439 g/mol. The fraction of sp³-hybridized carbons (Fsp3) is 0.412. The molecule has 2 aliphatic rings. The summed E-state index contributed by atoms with van der Waals surface area (Å²) < 4.78 is -2.49. The lowest BCUT2D eigenvalue weighted by Crippen LogP contribution is -2.77. The van der Waals surface area contributed by atoms with Gasteiger partial charge in [0.1, 0.15) is 11.4 Å². The van der Waals surface area contributed by atoms with Crippen molar-refractivity contribution >= 4 is 45.9 Å². The summed E-state index contributed by atoms with van der Waals surface area (Å²) >= 11 is 4.49. The number of rotatable bonds is 4. The number of aliphatic hydroxyl groups is 1. The highest BCUT2D eigenvalue weighted by Crippen LogP contribution is 2.62. The second-order valence-electron chi connectivity index (χ2n) is 6.81. The van der Waals surface area contributed by atoms with E-state index in [0.29, 0.717) is 5.56 Å². The van der Waals surface area contributed by atoms with E-state index in [2.05, 4.69) is 15.9 Å². The zero-order chi connectivity index (χ0) is 19.5. The number of aldehydes is 1. The summed E-state index contributed by atoms with van der Waals surface area (Å²) in [5, 5.41) is 28.8. The predicted molar refractivity (Wildman–Crippen MR) is 96.5 cm³/mol. The minimum atomic E-state index is -2.21. The van der Waals surface area contributed by atoms with Gasteiger partial charge in [-0.3, -0.25) is 9.59 Å². The number of alkyl halides is 1. The zero-order valence-electron chi connectivity index (χ0n) is 13.8. The van der Waals surface area contributed by atoms with Gasteiger partial charge < -0.3 is 15.1 Å². The molecule has 0 spiro atoms. The van der Waals surface area contributed by atoms with Gasteiger partial charge in [0.15, 0.2) is 16.2 Å². The Labute approximate surface area is 162 Å². The molecule has 26 heavy (non-hydrogen) atoms. The van der Waals surface area contributed by atoms with Crippen molar-refractivity contribution in [3.63, 3.8) is 0 Å². The van der Waals surface area contributed by atoms with Gasteiger partial charge in [-0.25, -0.2) is 4.79 Å². The monoisotopic (exact) mass is 438 g/mol. The van der Waals surface area contributed by atoms with E-state index in [4.69, 9.17) is 5.26 Å². The highest BCUT2D eigenvalue weighted by molar-refractivity contribution is 9.10. The van der Waals surface area contributed by atoms with Crippen LogP contribution < -0.4 is 0 Å². The molecule has 0 aromatic heterocycles. The summed E-state index contributed by atoms with van der Waals surface area (Å²) in [6, 6.07) is 6.57. The predicted octanol–water partition coefficient (Wildman–Crippen LogP) is 1.23. The number of carboxylic acid groups (broad SMARTS) is 1. The Bertz CT molecular complexity index is 852. The summed E-state index contributed by atoms with van der Waals surface area (Å²) in [6.07, 6.45) is 0.278. The summed E-state index contributed by atoms with van der Waals surface area (Å²) in [7, 11) is 0. The number of fused-ring (bicyclic) bond motifs is 1. The van der Waals surface area contributed by atoms with E-state index in [1.807, 2.05) is 6.07 Å². The Kier molecular flexibility index (Phi) is 4.22. The lowest BCUT2D eigenvalue weighted by molar-refractivity contribution is -0.172. The molecule has 136 valence electrons. The lowest BCUT2D eigenvalue weighted by atomic mass is 9.75. The van der Waals surface area contributed by atoms with Crippen molar-refractivity contribution in [3.05, 3.63) is 35.4 Å². The molecule has 2 N–H and O–H groups in total. The van der Waals surface area contributed by atoms with Crippen LogP contribution in [-0.2, 0) is 20.0 Å². The summed E-state index contributed by atoms with van der Waals surface area (Å²) in [5.41, 5.74) is -1.72. The normalized spacial score (nSPS) is 31.3. The highest BCUT2D eigenvalue weighted by atomic mass is 79.9. The smallest absolute Gasteiger partial charge is 0.327 e. The molecule has 0 bridgehead atoms. The van der Waals surface area contributed by atoms with Crippen molar-refractivity contribution in [1.82, 2.24) is 4.90 Å². The molecule has 0 aliphatic carbocycles. The molecule has 2 heterocycles. The maximum absolute atomic E-state index is 12.9. The first-order valence-corrected chi connectivity index (χ1v) is 9.33. The molecule has 2 unspecified atom stereocenters. The fourth-order valence-electron chi connectivity index (χ4n) is 3.53. The average Bonchev–Trinajstić information content (AvgIpc) is 2.89. The Morgan fingerprint density at radius 1 is 1.42 bits per heavy atom. The largest absolute Gasteiger partial charge is 0.480 e. The second kappa shape index (κ2) is 5.81. The molecule has 3 rings (SSSR count). The van der Waals surface area contributed by atoms with E-state index in [9.17, 15) is 24.6 Å². The first-order chi connectivity index (χ1) is 12.0. The van der Waals surface area contributed by atoms with Crippen LogP contribution in [0.3, 0.4) is 0 Å². The van der Waals surface area contributed by atoms with E-state index < -0.39 is 38.0 Å². The van der Waals surface area contributed by atoms with Gasteiger partial charge in [0.2, 0.25) is 5.91 Å². The zero-order valence-corrected chi connectivity index (χ0v) is 16.2. The van der Waals surface area contributed by atoms with E-state index in [1.54, 1.807) is 13.8 Å². The van der Waals surface area contributed by atoms with Crippen molar-refractivity contribution in [3.8, 4) is 6.07 Å². The van der Waals surface area contributed by atoms with Gasteiger partial charge in [0.25, 0.3) is 0 Å². The van der Waals surface area contributed by atoms with Crippen LogP contribution in [-0.4, -0.2) is 53.8 Å². The van der Waals surface area contributed by atoms with Crippen LogP contribution in [0.5, 0.6) is 0 Å². The molecule has 0 saturated carbocycles. The van der Waals surface area contributed by atoms with E-state index >= 15 is 0 Å².